The van der Waals surface area contributed by atoms with Gasteiger partial charge in [-0.3, -0.25) is 0 Å². The van der Waals surface area contributed by atoms with Gasteiger partial charge in [-0.1, -0.05) is 45.9 Å². The average molecular weight is 333 g/mol. The van der Waals surface area contributed by atoms with Gasteiger partial charge in [-0.05, 0) is 63.6 Å². The Hall–Kier alpha value is -0.940. The van der Waals surface area contributed by atoms with Gasteiger partial charge in [0.2, 0.25) is 0 Å². The van der Waals surface area contributed by atoms with Gasteiger partial charge in [0.15, 0.2) is 0 Å². The van der Waals surface area contributed by atoms with Crippen molar-refractivity contribution in [1.29, 1.82) is 0 Å². The van der Waals surface area contributed by atoms with E-state index >= 15 is 0 Å². The molecule has 22 heavy (non-hydrogen) atoms. The first-order valence-corrected chi connectivity index (χ1v) is 9.50. The summed E-state index contributed by atoms with van der Waals surface area (Å²) in [6, 6.07) is 17.6. The van der Waals surface area contributed by atoms with Gasteiger partial charge in [0.05, 0.1) is 0 Å². The lowest BCUT2D eigenvalue weighted by molar-refractivity contribution is 0.402. The highest BCUT2D eigenvalue weighted by Crippen LogP contribution is 2.37. The summed E-state index contributed by atoms with van der Waals surface area (Å²) in [5.41, 5.74) is 2.72. The molecule has 2 aromatic carbocycles. The van der Waals surface area contributed by atoms with E-state index in [-0.39, 0.29) is 0 Å². The molecule has 0 heterocycles. The number of rotatable bonds is 7. The van der Waals surface area contributed by atoms with E-state index in [1.165, 1.54) is 20.9 Å². The molecule has 0 aromatic heterocycles. The van der Waals surface area contributed by atoms with Crippen LogP contribution in [0.4, 0.5) is 0 Å². The van der Waals surface area contributed by atoms with Crippen LogP contribution in [-0.4, -0.2) is 38.0 Å². The Balaban J connectivity index is 1.98. The lowest BCUT2D eigenvalue weighted by Crippen LogP contribution is -2.10. The molecule has 4 heteroatoms. The molecule has 0 saturated carbocycles. The Bertz CT molecular complexity index is 544. The zero-order chi connectivity index (χ0) is 15.9. The summed E-state index contributed by atoms with van der Waals surface area (Å²) >= 11 is 0. The zero-order valence-electron chi connectivity index (χ0n) is 13.7. The van der Waals surface area contributed by atoms with Crippen molar-refractivity contribution in [1.82, 2.24) is 9.80 Å². The molecule has 0 radical (unpaired) electrons. The van der Waals surface area contributed by atoms with Crippen molar-refractivity contribution in [2.45, 2.75) is 22.9 Å². The number of benzene rings is 2. The third-order valence-electron chi connectivity index (χ3n) is 3.03. The fraction of sp³-hybridized carbons (Fsp3) is 0.333. The maximum atomic E-state index is 2.28. The van der Waals surface area contributed by atoms with Crippen LogP contribution in [0.3, 0.4) is 0 Å². The molecule has 2 nitrogen and oxygen atoms in total. The topological polar surface area (TPSA) is 6.48 Å². The largest absolute Gasteiger partial charge is 0.305 e. The predicted molar refractivity (Wildman–Crippen MR) is 99.4 cm³/mol. The van der Waals surface area contributed by atoms with Crippen LogP contribution in [0.1, 0.15) is 11.1 Å². The van der Waals surface area contributed by atoms with E-state index in [4.69, 9.17) is 0 Å². The highest BCUT2D eigenvalue weighted by Gasteiger charge is 2.02. The average Bonchev–Trinajstić information content (AvgIpc) is 2.44. The van der Waals surface area contributed by atoms with Crippen LogP contribution in [-0.2, 0) is 13.1 Å². The van der Waals surface area contributed by atoms with E-state index in [0.29, 0.717) is 0 Å². The Morgan fingerprint density at radius 1 is 0.682 bits per heavy atom. The van der Waals surface area contributed by atoms with Crippen LogP contribution in [0, 0.1) is 0 Å². The quantitative estimate of drug-likeness (QED) is 0.683. The van der Waals surface area contributed by atoms with Crippen molar-refractivity contribution in [3.8, 4) is 0 Å². The second-order valence-electron chi connectivity index (χ2n) is 5.94. The summed E-state index contributed by atoms with van der Waals surface area (Å²) in [7, 11) is 12.1. The fourth-order valence-corrected chi connectivity index (χ4v) is 4.28. The van der Waals surface area contributed by atoms with Crippen molar-refractivity contribution in [3.63, 3.8) is 0 Å². The van der Waals surface area contributed by atoms with E-state index in [1.54, 1.807) is 0 Å². The second kappa shape index (κ2) is 8.63. The highest BCUT2D eigenvalue weighted by molar-refractivity contribution is 8.76. The van der Waals surface area contributed by atoms with Crippen molar-refractivity contribution < 1.29 is 0 Å². The summed E-state index contributed by atoms with van der Waals surface area (Å²) in [4.78, 5) is 7.01. The summed E-state index contributed by atoms with van der Waals surface area (Å²) in [5.74, 6) is 0. The zero-order valence-corrected chi connectivity index (χ0v) is 15.4. The molecule has 0 amide bonds. The van der Waals surface area contributed by atoms with Crippen LogP contribution >= 0.6 is 21.6 Å². The molecule has 0 aliphatic rings. The minimum atomic E-state index is 0.984. The van der Waals surface area contributed by atoms with Gasteiger partial charge in [0.25, 0.3) is 0 Å². The van der Waals surface area contributed by atoms with Gasteiger partial charge in [0.1, 0.15) is 0 Å². The number of hydrogen-bond acceptors (Lipinski definition) is 4. The predicted octanol–water partition coefficient (Wildman–Crippen LogP) is 4.61. The van der Waals surface area contributed by atoms with Gasteiger partial charge in [-0.2, -0.15) is 0 Å². The van der Waals surface area contributed by atoms with E-state index in [1.807, 2.05) is 21.6 Å². The normalized spacial score (nSPS) is 11.4. The Labute approximate surface area is 142 Å². The Kier molecular flexibility index (Phi) is 6.83. The molecule has 0 aliphatic carbocycles. The van der Waals surface area contributed by atoms with Crippen molar-refractivity contribution in [3.05, 3.63) is 59.7 Å². The lowest BCUT2D eigenvalue weighted by atomic mass is 10.2. The first-order valence-electron chi connectivity index (χ1n) is 7.35. The SMILES string of the molecule is CN(C)Cc1cccc(SSc2cccc(CN(C)C)c2)c1. The smallest absolute Gasteiger partial charge is 0.0228 e. The molecule has 0 bridgehead atoms. The Morgan fingerprint density at radius 2 is 1.09 bits per heavy atom. The van der Waals surface area contributed by atoms with Crippen LogP contribution in [0.15, 0.2) is 58.3 Å². The van der Waals surface area contributed by atoms with E-state index in [9.17, 15) is 0 Å². The van der Waals surface area contributed by atoms with Gasteiger partial charge in [0, 0.05) is 22.9 Å². The highest BCUT2D eigenvalue weighted by atomic mass is 33.1. The molecule has 2 aromatic rings. The second-order valence-corrected chi connectivity index (χ2v) is 8.21. The molecule has 0 aliphatic heterocycles. The minimum Gasteiger partial charge on any atom is -0.305 e. The summed E-state index contributed by atoms with van der Waals surface area (Å²) in [6.45, 7) is 1.97. The molecule has 118 valence electrons. The monoisotopic (exact) mass is 332 g/mol. The van der Waals surface area contributed by atoms with E-state index in [2.05, 4.69) is 86.5 Å². The van der Waals surface area contributed by atoms with Crippen molar-refractivity contribution in [2.24, 2.45) is 0 Å². The fourth-order valence-electron chi connectivity index (χ4n) is 2.22. The van der Waals surface area contributed by atoms with Crippen LogP contribution < -0.4 is 0 Å². The molecular formula is C18H24N2S2. The van der Waals surface area contributed by atoms with Gasteiger partial charge in [-0.15, -0.1) is 0 Å². The molecule has 0 saturated heterocycles. The van der Waals surface area contributed by atoms with Crippen molar-refractivity contribution >= 4 is 21.6 Å². The summed E-state index contributed by atoms with van der Waals surface area (Å²) < 4.78 is 0. The summed E-state index contributed by atoms with van der Waals surface area (Å²) in [6.07, 6.45) is 0. The third kappa shape index (κ3) is 6.05. The molecule has 2 rings (SSSR count). The Morgan fingerprint density at radius 3 is 1.45 bits per heavy atom. The third-order valence-corrected chi connectivity index (χ3v) is 5.41. The molecule has 0 unspecified atom stereocenters. The van der Waals surface area contributed by atoms with Crippen LogP contribution in [0.5, 0.6) is 0 Å². The van der Waals surface area contributed by atoms with Gasteiger partial charge in [-0.25, -0.2) is 0 Å². The van der Waals surface area contributed by atoms with Crippen LogP contribution in [0.2, 0.25) is 0 Å². The number of hydrogen-bond donors (Lipinski definition) is 0. The van der Waals surface area contributed by atoms with Gasteiger partial charge < -0.3 is 9.80 Å². The maximum absolute atomic E-state index is 2.28. The maximum Gasteiger partial charge on any atom is 0.0228 e. The minimum absolute atomic E-state index is 0.984. The van der Waals surface area contributed by atoms with Crippen LogP contribution in [0.25, 0.3) is 0 Å². The molecule has 0 fully saturated rings. The van der Waals surface area contributed by atoms with Crippen molar-refractivity contribution in [2.75, 3.05) is 28.2 Å². The first-order chi connectivity index (χ1) is 10.5. The molecule has 0 spiro atoms. The van der Waals surface area contributed by atoms with Gasteiger partial charge >= 0.3 is 0 Å². The number of nitrogens with zero attached hydrogens (tertiary/aromatic N) is 2. The molecular weight excluding hydrogens is 308 g/mol. The summed E-state index contributed by atoms with van der Waals surface area (Å²) in [5, 5.41) is 0. The molecule has 0 atom stereocenters. The van der Waals surface area contributed by atoms with E-state index in [0.717, 1.165) is 13.1 Å². The first kappa shape index (κ1) is 17.4. The lowest BCUT2D eigenvalue weighted by Gasteiger charge is -2.11. The standard InChI is InChI=1S/C18H24N2S2/c1-19(2)13-15-7-5-9-17(11-15)21-22-18-10-6-8-16(12-18)14-20(3)4/h5-12H,13-14H2,1-4H3. The molecule has 0 N–H and O–H groups in total. The van der Waals surface area contributed by atoms with E-state index < -0.39 is 0 Å².